The van der Waals surface area contributed by atoms with E-state index in [9.17, 15) is 14.0 Å². The number of anilines is 1. The molecule has 0 fully saturated rings. The SMILES string of the molecule is O=C(COC(=O)CCc1ccsc1)Nc1ccccc1F. The standard InChI is InChI=1S/C15H14FNO3S/c16-12-3-1-2-4-13(12)17-14(18)9-20-15(19)6-5-11-7-8-21-10-11/h1-4,7-8,10H,5-6,9H2,(H,17,18). The predicted molar refractivity (Wildman–Crippen MR) is 78.6 cm³/mol. The molecule has 4 nitrogen and oxygen atoms in total. The molecule has 0 bridgehead atoms. The smallest absolute Gasteiger partial charge is 0.306 e. The van der Waals surface area contributed by atoms with E-state index in [2.05, 4.69) is 5.32 Å². The molecule has 0 saturated carbocycles. The molecular formula is C15H14FNO3S. The molecule has 1 N–H and O–H groups in total. The van der Waals surface area contributed by atoms with Crippen molar-refractivity contribution in [2.45, 2.75) is 12.8 Å². The molecule has 2 rings (SSSR count). The van der Waals surface area contributed by atoms with E-state index < -0.39 is 24.3 Å². The van der Waals surface area contributed by atoms with Gasteiger partial charge in [0.05, 0.1) is 5.69 Å². The van der Waals surface area contributed by atoms with E-state index >= 15 is 0 Å². The topological polar surface area (TPSA) is 55.4 Å². The third-order valence-corrected chi connectivity index (χ3v) is 3.44. The summed E-state index contributed by atoms with van der Waals surface area (Å²) in [6.45, 7) is -0.420. The van der Waals surface area contributed by atoms with Crippen LogP contribution in [0.1, 0.15) is 12.0 Å². The number of thiophene rings is 1. The number of aryl methyl sites for hydroxylation is 1. The summed E-state index contributed by atoms with van der Waals surface area (Å²) in [6.07, 6.45) is 0.793. The van der Waals surface area contributed by atoms with E-state index in [0.29, 0.717) is 6.42 Å². The highest BCUT2D eigenvalue weighted by Gasteiger charge is 2.10. The van der Waals surface area contributed by atoms with Crippen molar-refractivity contribution in [3.05, 3.63) is 52.5 Å². The number of halogens is 1. The van der Waals surface area contributed by atoms with Crippen molar-refractivity contribution in [2.75, 3.05) is 11.9 Å². The first-order valence-electron chi connectivity index (χ1n) is 6.36. The molecule has 1 aromatic carbocycles. The van der Waals surface area contributed by atoms with E-state index in [4.69, 9.17) is 4.74 Å². The minimum absolute atomic E-state index is 0.0665. The molecule has 0 radical (unpaired) electrons. The predicted octanol–water partition coefficient (Wildman–Crippen LogP) is 3.00. The van der Waals surface area contributed by atoms with Crippen molar-refractivity contribution in [1.29, 1.82) is 0 Å². The molecule has 0 spiro atoms. The van der Waals surface area contributed by atoms with Crippen molar-refractivity contribution < 1.29 is 18.7 Å². The first-order valence-corrected chi connectivity index (χ1v) is 7.30. The Morgan fingerprint density at radius 2 is 2.05 bits per heavy atom. The molecule has 6 heteroatoms. The average Bonchev–Trinajstić information content (AvgIpc) is 2.99. The van der Waals surface area contributed by atoms with Gasteiger partial charge in [-0.25, -0.2) is 4.39 Å². The summed E-state index contributed by atoms with van der Waals surface area (Å²) in [4.78, 5) is 23.0. The highest BCUT2D eigenvalue weighted by Crippen LogP contribution is 2.12. The van der Waals surface area contributed by atoms with Gasteiger partial charge in [-0.2, -0.15) is 11.3 Å². The van der Waals surface area contributed by atoms with Gasteiger partial charge in [-0.15, -0.1) is 0 Å². The Balaban J connectivity index is 1.71. The van der Waals surface area contributed by atoms with Crippen LogP contribution in [-0.4, -0.2) is 18.5 Å². The Hall–Kier alpha value is -2.21. The molecule has 21 heavy (non-hydrogen) atoms. The molecule has 110 valence electrons. The number of hydrogen-bond donors (Lipinski definition) is 1. The second-order valence-corrected chi connectivity index (χ2v) is 5.10. The Bertz CT molecular complexity index is 613. The van der Waals surface area contributed by atoms with Crippen LogP contribution in [0.25, 0.3) is 0 Å². The van der Waals surface area contributed by atoms with Crippen LogP contribution < -0.4 is 5.32 Å². The van der Waals surface area contributed by atoms with Gasteiger partial charge in [-0.3, -0.25) is 9.59 Å². The fraction of sp³-hybridized carbons (Fsp3) is 0.200. The number of amides is 1. The molecule has 2 aromatic rings. The van der Waals surface area contributed by atoms with E-state index in [1.54, 1.807) is 17.4 Å². The number of para-hydroxylation sites is 1. The maximum Gasteiger partial charge on any atom is 0.306 e. The van der Waals surface area contributed by atoms with Gasteiger partial charge in [-0.05, 0) is 40.9 Å². The van der Waals surface area contributed by atoms with Gasteiger partial charge in [-0.1, -0.05) is 12.1 Å². The third kappa shape index (κ3) is 5.00. The van der Waals surface area contributed by atoms with Gasteiger partial charge in [0.15, 0.2) is 6.61 Å². The van der Waals surface area contributed by atoms with Gasteiger partial charge >= 0.3 is 5.97 Å². The number of benzene rings is 1. The van der Waals surface area contributed by atoms with Crippen LogP contribution in [0.2, 0.25) is 0 Å². The molecule has 1 aromatic heterocycles. The second kappa shape index (κ2) is 7.54. The summed E-state index contributed by atoms with van der Waals surface area (Å²) in [7, 11) is 0. The summed E-state index contributed by atoms with van der Waals surface area (Å²) >= 11 is 1.56. The normalized spacial score (nSPS) is 10.1. The number of nitrogens with one attached hydrogen (secondary N) is 1. The lowest BCUT2D eigenvalue weighted by Gasteiger charge is -2.07. The summed E-state index contributed by atoms with van der Waals surface area (Å²) in [5.41, 5.74) is 1.13. The van der Waals surface area contributed by atoms with Crippen LogP contribution in [-0.2, 0) is 20.7 Å². The highest BCUT2D eigenvalue weighted by molar-refractivity contribution is 7.07. The lowest BCUT2D eigenvalue weighted by atomic mass is 10.2. The molecule has 0 aliphatic rings. The maximum atomic E-state index is 13.3. The van der Waals surface area contributed by atoms with Crippen molar-refractivity contribution in [2.24, 2.45) is 0 Å². The molecule has 0 aliphatic carbocycles. The van der Waals surface area contributed by atoms with Gasteiger partial charge in [0.2, 0.25) is 0 Å². The fourth-order valence-corrected chi connectivity index (χ4v) is 2.35. The van der Waals surface area contributed by atoms with E-state index in [1.807, 2.05) is 16.8 Å². The minimum atomic E-state index is -0.566. The van der Waals surface area contributed by atoms with Crippen LogP contribution in [0.15, 0.2) is 41.1 Å². The quantitative estimate of drug-likeness (QED) is 0.835. The number of esters is 1. The van der Waals surface area contributed by atoms with Gasteiger partial charge in [0, 0.05) is 6.42 Å². The molecule has 0 saturated heterocycles. The fourth-order valence-electron chi connectivity index (χ4n) is 1.65. The van der Waals surface area contributed by atoms with Crippen LogP contribution in [0.3, 0.4) is 0 Å². The number of carbonyl (C=O) groups excluding carboxylic acids is 2. The molecule has 1 amide bonds. The number of hydrogen-bond acceptors (Lipinski definition) is 4. The van der Waals surface area contributed by atoms with Gasteiger partial charge < -0.3 is 10.1 Å². The van der Waals surface area contributed by atoms with Crippen molar-refractivity contribution >= 4 is 28.9 Å². The van der Waals surface area contributed by atoms with E-state index in [0.717, 1.165) is 5.56 Å². The van der Waals surface area contributed by atoms with Crippen LogP contribution >= 0.6 is 11.3 Å². The van der Waals surface area contributed by atoms with Crippen molar-refractivity contribution in [3.8, 4) is 0 Å². The summed E-state index contributed by atoms with van der Waals surface area (Å²) in [5.74, 6) is -1.55. The van der Waals surface area contributed by atoms with Gasteiger partial charge in [0.1, 0.15) is 5.82 Å². The van der Waals surface area contributed by atoms with Crippen LogP contribution in [0.4, 0.5) is 10.1 Å². The Labute approximate surface area is 125 Å². The number of rotatable bonds is 6. The average molecular weight is 307 g/mol. The molecule has 0 atom stereocenters. The Kier molecular flexibility index (Phi) is 5.45. The third-order valence-electron chi connectivity index (χ3n) is 2.71. The number of carbonyl (C=O) groups is 2. The first-order chi connectivity index (χ1) is 10.1. The molecular weight excluding hydrogens is 293 g/mol. The summed E-state index contributed by atoms with van der Waals surface area (Å²) < 4.78 is 18.1. The molecule has 0 unspecified atom stereocenters. The highest BCUT2D eigenvalue weighted by atomic mass is 32.1. The lowest BCUT2D eigenvalue weighted by molar-refractivity contribution is -0.147. The van der Waals surface area contributed by atoms with E-state index in [-0.39, 0.29) is 12.1 Å². The zero-order chi connectivity index (χ0) is 15.1. The summed E-state index contributed by atoms with van der Waals surface area (Å²) in [5, 5.41) is 6.24. The van der Waals surface area contributed by atoms with Crippen molar-refractivity contribution in [3.63, 3.8) is 0 Å². The minimum Gasteiger partial charge on any atom is -0.456 e. The van der Waals surface area contributed by atoms with Crippen LogP contribution in [0, 0.1) is 5.82 Å². The summed E-state index contributed by atoms with van der Waals surface area (Å²) in [6, 6.07) is 7.73. The lowest BCUT2D eigenvalue weighted by Crippen LogP contribution is -2.21. The molecule has 1 heterocycles. The number of ether oxygens (including phenoxy) is 1. The zero-order valence-electron chi connectivity index (χ0n) is 11.2. The largest absolute Gasteiger partial charge is 0.456 e. The monoisotopic (exact) mass is 307 g/mol. The second-order valence-electron chi connectivity index (χ2n) is 4.32. The Morgan fingerprint density at radius 1 is 1.24 bits per heavy atom. The van der Waals surface area contributed by atoms with E-state index in [1.165, 1.54) is 18.2 Å². The van der Waals surface area contributed by atoms with Gasteiger partial charge in [0.25, 0.3) is 5.91 Å². The first kappa shape index (κ1) is 15.2. The molecule has 0 aliphatic heterocycles. The maximum absolute atomic E-state index is 13.3. The zero-order valence-corrected chi connectivity index (χ0v) is 12.0. The van der Waals surface area contributed by atoms with Crippen molar-refractivity contribution in [1.82, 2.24) is 0 Å². The Morgan fingerprint density at radius 3 is 2.76 bits per heavy atom. The van der Waals surface area contributed by atoms with Crippen LogP contribution in [0.5, 0.6) is 0 Å².